The third kappa shape index (κ3) is 5.48. The molecule has 0 amide bonds. The molecule has 3 aromatic carbocycles. The van der Waals surface area contributed by atoms with Gasteiger partial charge in [0.05, 0.1) is 36.3 Å². The number of anilines is 1. The van der Waals surface area contributed by atoms with Gasteiger partial charge in [0.15, 0.2) is 11.5 Å². The molecule has 0 aliphatic carbocycles. The quantitative estimate of drug-likeness (QED) is 0.390. The first-order valence-electron chi connectivity index (χ1n) is 9.33. The molecular formula is C23H21Cl2NO5S. The summed E-state index contributed by atoms with van der Waals surface area (Å²) >= 11 is 11.8. The van der Waals surface area contributed by atoms with Crippen LogP contribution in [0.3, 0.4) is 0 Å². The van der Waals surface area contributed by atoms with E-state index < -0.39 is 10.0 Å². The molecule has 0 spiro atoms. The maximum absolute atomic E-state index is 12.6. The van der Waals surface area contributed by atoms with Crippen LogP contribution in [0.5, 0.6) is 17.2 Å². The van der Waals surface area contributed by atoms with Crippen LogP contribution in [-0.4, -0.2) is 29.7 Å². The summed E-state index contributed by atoms with van der Waals surface area (Å²) in [6, 6.07) is 14.7. The van der Waals surface area contributed by atoms with Gasteiger partial charge in [0.2, 0.25) is 5.75 Å². The summed E-state index contributed by atoms with van der Waals surface area (Å²) in [5.41, 5.74) is 2.14. The number of methoxy groups -OCH3 is 3. The lowest BCUT2D eigenvalue weighted by Crippen LogP contribution is -2.12. The van der Waals surface area contributed by atoms with Gasteiger partial charge in [0.25, 0.3) is 10.0 Å². The van der Waals surface area contributed by atoms with Gasteiger partial charge in [-0.05, 0) is 53.6 Å². The highest BCUT2D eigenvalue weighted by Crippen LogP contribution is 2.38. The van der Waals surface area contributed by atoms with E-state index in [2.05, 4.69) is 4.72 Å². The molecule has 1 N–H and O–H groups in total. The molecule has 0 aromatic heterocycles. The number of sulfonamides is 1. The molecule has 0 radical (unpaired) electrons. The first-order valence-corrected chi connectivity index (χ1v) is 11.6. The van der Waals surface area contributed by atoms with Gasteiger partial charge in [-0.25, -0.2) is 8.42 Å². The van der Waals surface area contributed by atoms with Crippen molar-refractivity contribution in [2.45, 2.75) is 4.90 Å². The molecule has 9 heteroatoms. The Bertz CT molecular complexity index is 1220. The molecule has 0 unspecified atom stereocenters. The average Bonchev–Trinajstić information content (AvgIpc) is 2.79. The topological polar surface area (TPSA) is 73.9 Å². The number of nitrogens with one attached hydrogen (secondary N) is 1. The Morgan fingerprint density at radius 3 is 1.88 bits per heavy atom. The third-order valence-electron chi connectivity index (χ3n) is 4.52. The van der Waals surface area contributed by atoms with E-state index in [0.717, 1.165) is 11.1 Å². The van der Waals surface area contributed by atoms with Crippen LogP contribution < -0.4 is 18.9 Å². The summed E-state index contributed by atoms with van der Waals surface area (Å²) in [6.45, 7) is 0. The standard InChI is InChI=1S/C23H21Cl2NO5S/c1-29-21-12-16(13-22(30-2)23(21)31-3)5-4-15-6-8-17(9-7-15)26-32(27,28)18-10-11-19(24)20(25)14-18/h4-14,26H,1-3H3/b5-4-. The summed E-state index contributed by atoms with van der Waals surface area (Å²) < 4.78 is 43.7. The van der Waals surface area contributed by atoms with Gasteiger partial charge < -0.3 is 14.2 Å². The average molecular weight is 494 g/mol. The molecule has 0 heterocycles. The van der Waals surface area contributed by atoms with E-state index in [1.807, 2.05) is 24.3 Å². The van der Waals surface area contributed by atoms with E-state index in [1.54, 1.807) is 45.6 Å². The monoisotopic (exact) mass is 493 g/mol. The molecule has 0 atom stereocenters. The highest BCUT2D eigenvalue weighted by atomic mass is 35.5. The summed E-state index contributed by atoms with van der Waals surface area (Å²) in [5, 5.41) is 0.454. The zero-order valence-corrected chi connectivity index (χ0v) is 19.9. The second-order valence-corrected chi connectivity index (χ2v) is 9.09. The van der Waals surface area contributed by atoms with Crippen LogP contribution in [0, 0.1) is 0 Å². The molecular weight excluding hydrogens is 473 g/mol. The highest BCUT2D eigenvalue weighted by molar-refractivity contribution is 7.92. The second-order valence-electron chi connectivity index (χ2n) is 6.60. The van der Waals surface area contributed by atoms with Crippen molar-refractivity contribution < 1.29 is 22.6 Å². The van der Waals surface area contributed by atoms with E-state index in [9.17, 15) is 8.42 Å². The fourth-order valence-corrected chi connectivity index (χ4v) is 4.36. The normalized spacial score (nSPS) is 11.4. The minimum atomic E-state index is -3.79. The van der Waals surface area contributed by atoms with Gasteiger partial charge in [-0.2, -0.15) is 0 Å². The molecule has 0 saturated carbocycles. The van der Waals surface area contributed by atoms with Crippen LogP contribution >= 0.6 is 23.2 Å². The first-order chi connectivity index (χ1) is 15.3. The Labute approximate surface area is 197 Å². The Kier molecular flexibility index (Phi) is 7.56. The van der Waals surface area contributed by atoms with Gasteiger partial charge in [0.1, 0.15) is 0 Å². The maximum atomic E-state index is 12.6. The Morgan fingerprint density at radius 1 is 0.750 bits per heavy atom. The van der Waals surface area contributed by atoms with E-state index in [4.69, 9.17) is 37.4 Å². The number of hydrogen-bond donors (Lipinski definition) is 1. The van der Waals surface area contributed by atoms with Gasteiger partial charge in [-0.1, -0.05) is 47.5 Å². The van der Waals surface area contributed by atoms with Crippen LogP contribution in [0.25, 0.3) is 12.2 Å². The van der Waals surface area contributed by atoms with Crippen LogP contribution in [0.2, 0.25) is 10.0 Å². The third-order valence-corrected chi connectivity index (χ3v) is 6.64. The molecule has 3 rings (SSSR count). The Morgan fingerprint density at radius 2 is 1.34 bits per heavy atom. The van der Waals surface area contributed by atoms with Crippen LogP contribution in [0.4, 0.5) is 5.69 Å². The molecule has 0 saturated heterocycles. The van der Waals surface area contributed by atoms with E-state index in [0.29, 0.717) is 22.9 Å². The Hall–Kier alpha value is -2.87. The smallest absolute Gasteiger partial charge is 0.261 e. The SMILES string of the molecule is COc1cc(/C=C\c2ccc(NS(=O)(=O)c3ccc(Cl)c(Cl)c3)cc2)cc(OC)c1OC. The van der Waals surface area contributed by atoms with Crippen molar-refractivity contribution in [3.63, 3.8) is 0 Å². The fraction of sp³-hybridized carbons (Fsp3) is 0.130. The highest BCUT2D eigenvalue weighted by Gasteiger charge is 2.16. The molecule has 3 aromatic rings. The summed E-state index contributed by atoms with van der Waals surface area (Å²) in [7, 11) is 0.871. The summed E-state index contributed by atoms with van der Waals surface area (Å²) in [6.07, 6.45) is 3.78. The predicted octanol–water partition coefficient (Wildman–Crippen LogP) is 5.99. The van der Waals surface area contributed by atoms with Crippen LogP contribution in [0.1, 0.15) is 11.1 Å². The first kappa shape index (κ1) is 23.8. The lowest BCUT2D eigenvalue weighted by Gasteiger charge is -2.12. The fourth-order valence-electron chi connectivity index (χ4n) is 2.91. The predicted molar refractivity (Wildman–Crippen MR) is 129 cm³/mol. The van der Waals surface area contributed by atoms with Gasteiger partial charge in [0, 0.05) is 5.69 Å². The molecule has 0 aliphatic rings. The van der Waals surface area contributed by atoms with Crippen molar-refractivity contribution in [1.29, 1.82) is 0 Å². The van der Waals surface area contributed by atoms with E-state index >= 15 is 0 Å². The lowest BCUT2D eigenvalue weighted by atomic mass is 10.1. The van der Waals surface area contributed by atoms with Gasteiger partial charge in [-0.3, -0.25) is 4.72 Å². The minimum Gasteiger partial charge on any atom is -0.493 e. The molecule has 0 aliphatic heterocycles. The van der Waals surface area contributed by atoms with Crippen LogP contribution in [-0.2, 0) is 10.0 Å². The molecule has 168 valence electrons. The molecule has 6 nitrogen and oxygen atoms in total. The van der Waals surface area contributed by atoms with Gasteiger partial charge >= 0.3 is 0 Å². The lowest BCUT2D eigenvalue weighted by molar-refractivity contribution is 0.324. The van der Waals surface area contributed by atoms with E-state index in [-0.39, 0.29) is 14.9 Å². The summed E-state index contributed by atoms with van der Waals surface area (Å²) in [5.74, 6) is 1.63. The largest absolute Gasteiger partial charge is 0.493 e. The number of ether oxygens (including phenoxy) is 3. The van der Waals surface area contributed by atoms with Gasteiger partial charge in [-0.15, -0.1) is 0 Å². The molecule has 0 bridgehead atoms. The van der Waals surface area contributed by atoms with Crippen molar-refractivity contribution >= 4 is 51.1 Å². The second kappa shape index (κ2) is 10.2. The minimum absolute atomic E-state index is 0.0262. The van der Waals surface area contributed by atoms with Crippen molar-refractivity contribution in [2.24, 2.45) is 0 Å². The van der Waals surface area contributed by atoms with Crippen LogP contribution in [0.15, 0.2) is 59.5 Å². The van der Waals surface area contributed by atoms with Crippen molar-refractivity contribution in [3.05, 3.63) is 75.8 Å². The number of hydrogen-bond acceptors (Lipinski definition) is 5. The van der Waals surface area contributed by atoms with E-state index in [1.165, 1.54) is 18.2 Å². The summed E-state index contributed by atoms with van der Waals surface area (Å²) in [4.78, 5) is 0.0262. The van der Waals surface area contributed by atoms with Crippen molar-refractivity contribution in [2.75, 3.05) is 26.1 Å². The molecule has 0 fully saturated rings. The zero-order valence-electron chi connectivity index (χ0n) is 17.6. The number of halogens is 2. The Balaban J connectivity index is 1.77. The van der Waals surface area contributed by atoms with Crippen molar-refractivity contribution in [3.8, 4) is 17.2 Å². The maximum Gasteiger partial charge on any atom is 0.261 e. The van der Waals surface area contributed by atoms with Crippen molar-refractivity contribution in [1.82, 2.24) is 0 Å². The number of rotatable bonds is 8. The zero-order chi connectivity index (χ0) is 23.3. The number of benzene rings is 3. The molecule has 32 heavy (non-hydrogen) atoms.